The predicted molar refractivity (Wildman–Crippen MR) is 64.6 cm³/mol. The average molecular weight is 242 g/mol. The summed E-state index contributed by atoms with van der Waals surface area (Å²) < 4.78 is 0. The second-order valence-electron chi connectivity index (χ2n) is 3.53. The molecule has 5 heteroatoms. The summed E-state index contributed by atoms with van der Waals surface area (Å²) in [5, 5.41) is 10.2. The molecule has 0 aliphatic heterocycles. The normalized spacial score (nSPS) is 9.94. The number of aryl methyl sites for hydroxylation is 2. The lowest BCUT2D eigenvalue weighted by molar-refractivity contribution is 0.899. The highest BCUT2D eigenvalue weighted by molar-refractivity contribution is 7.99. The van der Waals surface area contributed by atoms with Gasteiger partial charge in [-0.1, -0.05) is 0 Å². The third-order valence-electron chi connectivity index (χ3n) is 2.02. The number of hydrogen-bond acceptors (Lipinski definition) is 5. The van der Waals surface area contributed by atoms with Crippen LogP contribution < -0.4 is 0 Å². The smallest absolute Gasteiger partial charge is 0.194 e. The van der Waals surface area contributed by atoms with E-state index < -0.39 is 0 Å². The fourth-order valence-corrected chi connectivity index (χ4v) is 2.23. The van der Waals surface area contributed by atoms with E-state index in [1.165, 1.54) is 11.8 Å². The second kappa shape index (κ2) is 4.93. The van der Waals surface area contributed by atoms with Crippen molar-refractivity contribution < 1.29 is 0 Å². The van der Waals surface area contributed by atoms with Crippen molar-refractivity contribution in [2.75, 3.05) is 0 Å². The van der Waals surface area contributed by atoms with E-state index >= 15 is 0 Å². The predicted octanol–water partition coefficient (Wildman–Crippen LogP) is 2.51. The summed E-state index contributed by atoms with van der Waals surface area (Å²) in [6, 6.07) is 7.40. The van der Waals surface area contributed by atoms with Crippen molar-refractivity contribution in [1.29, 1.82) is 5.26 Å². The van der Waals surface area contributed by atoms with Crippen LogP contribution in [0.2, 0.25) is 0 Å². The van der Waals surface area contributed by atoms with E-state index in [2.05, 4.69) is 21.0 Å². The highest BCUT2D eigenvalue weighted by Crippen LogP contribution is 2.23. The van der Waals surface area contributed by atoms with Gasteiger partial charge in [-0.3, -0.25) is 0 Å². The van der Waals surface area contributed by atoms with Crippen LogP contribution in [0.15, 0.2) is 34.6 Å². The van der Waals surface area contributed by atoms with E-state index in [1.54, 1.807) is 18.3 Å². The molecule has 0 aliphatic carbocycles. The van der Waals surface area contributed by atoms with E-state index in [-0.39, 0.29) is 0 Å². The summed E-state index contributed by atoms with van der Waals surface area (Å²) in [4.78, 5) is 12.8. The Bertz CT molecular complexity index is 569. The summed E-state index contributed by atoms with van der Waals surface area (Å²) in [7, 11) is 0. The number of rotatable bonds is 2. The van der Waals surface area contributed by atoms with Crippen LogP contribution in [-0.2, 0) is 0 Å². The molecule has 0 saturated heterocycles. The van der Waals surface area contributed by atoms with Crippen molar-refractivity contribution >= 4 is 11.8 Å². The number of nitriles is 1. The molecule has 84 valence electrons. The van der Waals surface area contributed by atoms with Gasteiger partial charge in [-0.05, 0) is 43.8 Å². The first-order chi connectivity index (χ1) is 8.17. The summed E-state index contributed by atoms with van der Waals surface area (Å²) in [5.41, 5.74) is 2.44. The molecular formula is C12H10N4S. The maximum Gasteiger partial charge on any atom is 0.194 e. The molecule has 0 aliphatic rings. The van der Waals surface area contributed by atoms with E-state index in [4.69, 9.17) is 5.26 Å². The molecule has 0 fully saturated rings. The van der Waals surface area contributed by atoms with Crippen LogP contribution in [0.5, 0.6) is 0 Å². The number of hydrogen-bond donors (Lipinski definition) is 0. The first-order valence-corrected chi connectivity index (χ1v) is 5.85. The molecule has 2 rings (SSSR count). The van der Waals surface area contributed by atoms with Crippen molar-refractivity contribution in [1.82, 2.24) is 15.0 Å². The fraction of sp³-hybridized carbons (Fsp3) is 0.167. The van der Waals surface area contributed by atoms with E-state index in [9.17, 15) is 0 Å². The zero-order valence-corrected chi connectivity index (χ0v) is 10.3. The molecule has 17 heavy (non-hydrogen) atoms. The Balaban J connectivity index is 2.28. The molecule has 4 nitrogen and oxygen atoms in total. The zero-order chi connectivity index (χ0) is 12.3. The molecule has 0 radical (unpaired) electrons. The topological polar surface area (TPSA) is 62.5 Å². The lowest BCUT2D eigenvalue weighted by Crippen LogP contribution is -1.93. The van der Waals surface area contributed by atoms with Crippen molar-refractivity contribution in [3.05, 3.63) is 41.3 Å². The third kappa shape index (κ3) is 3.02. The van der Waals surface area contributed by atoms with Crippen LogP contribution in [0.4, 0.5) is 0 Å². The van der Waals surface area contributed by atoms with Crippen LogP contribution >= 0.6 is 11.8 Å². The molecule has 0 N–H and O–H groups in total. The molecule has 0 unspecified atom stereocenters. The Morgan fingerprint density at radius 3 is 2.53 bits per heavy atom. The molecule has 2 aromatic rings. The van der Waals surface area contributed by atoms with Gasteiger partial charge in [-0.2, -0.15) is 5.26 Å². The molecule has 0 saturated carbocycles. The van der Waals surface area contributed by atoms with Crippen molar-refractivity contribution in [3.63, 3.8) is 0 Å². The van der Waals surface area contributed by atoms with Gasteiger partial charge in [0, 0.05) is 17.6 Å². The van der Waals surface area contributed by atoms with Gasteiger partial charge in [-0.25, -0.2) is 15.0 Å². The van der Waals surface area contributed by atoms with Gasteiger partial charge >= 0.3 is 0 Å². The fourth-order valence-electron chi connectivity index (χ4n) is 1.37. The van der Waals surface area contributed by atoms with Crippen LogP contribution in [0, 0.1) is 25.2 Å². The number of nitrogens with zero attached hydrogens (tertiary/aromatic N) is 4. The van der Waals surface area contributed by atoms with E-state index in [0.29, 0.717) is 10.7 Å². The number of aromatic nitrogens is 3. The van der Waals surface area contributed by atoms with Gasteiger partial charge < -0.3 is 0 Å². The van der Waals surface area contributed by atoms with Gasteiger partial charge in [0.05, 0.1) is 11.6 Å². The summed E-state index contributed by atoms with van der Waals surface area (Å²) in [6.07, 6.45) is 1.61. The monoisotopic (exact) mass is 242 g/mol. The van der Waals surface area contributed by atoms with Gasteiger partial charge in [0.25, 0.3) is 0 Å². The minimum Gasteiger partial charge on any atom is -0.249 e. The van der Waals surface area contributed by atoms with Crippen molar-refractivity contribution in [2.24, 2.45) is 0 Å². The second-order valence-corrected chi connectivity index (χ2v) is 4.52. The van der Waals surface area contributed by atoms with Crippen LogP contribution in [0.1, 0.15) is 17.0 Å². The Labute approximate surface area is 104 Å². The Morgan fingerprint density at radius 2 is 1.88 bits per heavy atom. The Hall–Kier alpha value is -1.93. The van der Waals surface area contributed by atoms with Gasteiger partial charge in [0.15, 0.2) is 5.16 Å². The summed E-state index contributed by atoms with van der Waals surface area (Å²) in [5.74, 6) is 0. The van der Waals surface area contributed by atoms with E-state index in [1.807, 2.05) is 19.9 Å². The molecule has 2 aromatic heterocycles. The summed E-state index contributed by atoms with van der Waals surface area (Å²) in [6.45, 7) is 3.86. The standard InChI is InChI=1S/C12H10N4S/c1-8-5-9(2)16-12(15-8)17-11-6-10(7-13)3-4-14-11/h3-6H,1-2H3. The third-order valence-corrected chi connectivity index (χ3v) is 2.82. The highest BCUT2D eigenvalue weighted by Gasteiger charge is 2.04. The SMILES string of the molecule is Cc1cc(C)nc(Sc2cc(C#N)ccn2)n1. The van der Waals surface area contributed by atoms with Crippen LogP contribution in [0.25, 0.3) is 0 Å². The molecule has 0 bridgehead atoms. The first kappa shape index (κ1) is 11.6. The Kier molecular flexibility index (Phi) is 3.35. The van der Waals surface area contributed by atoms with Crippen LogP contribution in [0.3, 0.4) is 0 Å². The molecule has 0 aromatic carbocycles. The minimum absolute atomic E-state index is 0.590. The average Bonchev–Trinajstić information content (AvgIpc) is 2.28. The molecule has 0 spiro atoms. The van der Waals surface area contributed by atoms with Crippen molar-refractivity contribution in [3.8, 4) is 6.07 Å². The highest BCUT2D eigenvalue weighted by atomic mass is 32.2. The van der Waals surface area contributed by atoms with Crippen molar-refractivity contribution in [2.45, 2.75) is 24.0 Å². The van der Waals surface area contributed by atoms with Gasteiger partial charge in [-0.15, -0.1) is 0 Å². The maximum absolute atomic E-state index is 8.80. The zero-order valence-electron chi connectivity index (χ0n) is 9.51. The minimum atomic E-state index is 0.590. The molecule has 0 amide bonds. The lowest BCUT2D eigenvalue weighted by atomic mass is 10.3. The number of pyridine rings is 1. The first-order valence-electron chi connectivity index (χ1n) is 5.03. The molecular weight excluding hydrogens is 232 g/mol. The Morgan fingerprint density at radius 1 is 1.18 bits per heavy atom. The lowest BCUT2D eigenvalue weighted by Gasteiger charge is -2.02. The van der Waals surface area contributed by atoms with E-state index in [0.717, 1.165) is 16.4 Å². The quantitative estimate of drug-likeness (QED) is 0.757. The molecule has 2 heterocycles. The molecule has 0 atom stereocenters. The van der Waals surface area contributed by atoms with Gasteiger partial charge in [0.1, 0.15) is 5.03 Å². The maximum atomic E-state index is 8.80. The van der Waals surface area contributed by atoms with Gasteiger partial charge in [0.2, 0.25) is 0 Å². The summed E-state index contributed by atoms with van der Waals surface area (Å²) >= 11 is 1.36. The largest absolute Gasteiger partial charge is 0.249 e. The van der Waals surface area contributed by atoms with Crippen LogP contribution in [-0.4, -0.2) is 15.0 Å².